The molecule has 3 rings (SSSR count). The maximum atomic E-state index is 14.0. The van der Waals surface area contributed by atoms with Crippen LogP contribution in [0.25, 0.3) is 17.2 Å². The summed E-state index contributed by atoms with van der Waals surface area (Å²) in [4.78, 5) is 0.960. The van der Waals surface area contributed by atoms with Crippen molar-refractivity contribution in [3.8, 4) is 11.1 Å². The Labute approximate surface area is 233 Å². The summed E-state index contributed by atoms with van der Waals surface area (Å²) in [7, 11) is -0.172. The van der Waals surface area contributed by atoms with Gasteiger partial charge in [-0.25, -0.2) is 17.6 Å². The highest BCUT2D eigenvalue weighted by Gasteiger charge is 2.31. The summed E-state index contributed by atoms with van der Waals surface area (Å²) in [6, 6.07) is 5.40. The van der Waals surface area contributed by atoms with Crippen molar-refractivity contribution in [2.75, 3.05) is 12.8 Å². The van der Waals surface area contributed by atoms with Crippen molar-refractivity contribution in [3.63, 3.8) is 0 Å². The number of benzene rings is 1. The maximum absolute atomic E-state index is 14.0. The molecule has 0 bridgehead atoms. The van der Waals surface area contributed by atoms with Gasteiger partial charge in [0.05, 0.1) is 0 Å². The third-order valence-corrected chi connectivity index (χ3v) is 10.1. The molecule has 1 aliphatic carbocycles. The Morgan fingerprint density at radius 3 is 1.89 bits per heavy atom. The largest absolute Gasteiger partial charge is 0.270 e. The van der Waals surface area contributed by atoms with Gasteiger partial charge in [0, 0.05) is 29.9 Å². The standard InChI is InChI=1S/C28H33F4PS.C2H6.C2H4/c1-6-19-8-10-25(11-9-19)33(5)17-20(7-2)12-26-15-22(18-34-26)21-13-23(27(3,29)30)16-24(14-21)28(4,31)32;2*1-2/h6-7,12-16,18-19,25H,1-2,8-11,17H2,3-5H3;1-2H3;1-2H2/b20-12-;;. The lowest BCUT2D eigenvalue weighted by molar-refractivity contribution is 0.0106. The first kappa shape index (κ1) is 34.1. The van der Waals surface area contributed by atoms with Crippen LogP contribution in [0.4, 0.5) is 17.6 Å². The summed E-state index contributed by atoms with van der Waals surface area (Å²) in [5, 5.41) is 1.84. The first-order valence-electron chi connectivity index (χ1n) is 13.1. The molecule has 1 aromatic heterocycles. The van der Waals surface area contributed by atoms with Gasteiger partial charge in [-0.2, -0.15) is 0 Å². The first-order valence-corrected chi connectivity index (χ1v) is 16.0. The summed E-state index contributed by atoms with van der Waals surface area (Å²) in [5.74, 6) is -5.75. The molecule has 0 nitrogen and oxygen atoms in total. The van der Waals surface area contributed by atoms with E-state index in [-0.39, 0.29) is 7.92 Å². The minimum Gasteiger partial charge on any atom is -0.202 e. The minimum atomic E-state index is -3.20. The lowest BCUT2D eigenvalue weighted by Gasteiger charge is -2.31. The van der Waals surface area contributed by atoms with E-state index in [9.17, 15) is 17.6 Å². The Morgan fingerprint density at radius 1 is 0.921 bits per heavy atom. The van der Waals surface area contributed by atoms with Crippen molar-refractivity contribution in [3.05, 3.63) is 89.7 Å². The smallest absolute Gasteiger partial charge is 0.202 e. The van der Waals surface area contributed by atoms with Crippen LogP contribution in [-0.2, 0) is 11.8 Å². The normalized spacial score (nSPS) is 18.8. The number of hydrogen-bond acceptors (Lipinski definition) is 1. The molecular formula is C32H43F4PS. The predicted octanol–water partition coefficient (Wildman–Crippen LogP) is 11.9. The molecule has 0 saturated heterocycles. The second-order valence-electron chi connectivity index (χ2n) is 9.46. The van der Waals surface area contributed by atoms with Crippen LogP contribution in [-0.4, -0.2) is 18.5 Å². The van der Waals surface area contributed by atoms with Crippen molar-refractivity contribution in [1.82, 2.24) is 0 Å². The zero-order valence-electron chi connectivity index (χ0n) is 23.5. The van der Waals surface area contributed by atoms with Crippen LogP contribution in [0.15, 0.2) is 73.7 Å². The molecule has 0 amide bonds. The van der Waals surface area contributed by atoms with Gasteiger partial charge in [-0.05, 0) is 103 Å². The van der Waals surface area contributed by atoms with Gasteiger partial charge in [0.2, 0.25) is 0 Å². The fourth-order valence-electron chi connectivity index (χ4n) is 4.43. The highest BCUT2D eigenvalue weighted by molar-refractivity contribution is 7.57. The fraction of sp³-hybridized carbons (Fsp3) is 0.438. The summed E-state index contributed by atoms with van der Waals surface area (Å²) in [6.07, 6.45) is 12.0. The molecule has 1 unspecified atom stereocenters. The van der Waals surface area contributed by atoms with E-state index < -0.39 is 23.0 Å². The topological polar surface area (TPSA) is 0 Å². The van der Waals surface area contributed by atoms with Crippen LogP contribution in [0, 0.1) is 5.92 Å². The molecular weight excluding hydrogens is 523 g/mol. The summed E-state index contributed by atoms with van der Waals surface area (Å²) in [5.41, 5.74) is 2.14. The molecule has 0 aliphatic heterocycles. The van der Waals surface area contributed by atoms with E-state index in [1.807, 2.05) is 31.4 Å². The molecule has 2 aromatic rings. The molecule has 210 valence electrons. The highest BCUT2D eigenvalue weighted by atomic mass is 32.1. The number of rotatable bonds is 9. The second kappa shape index (κ2) is 15.6. The van der Waals surface area contributed by atoms with Gasteiger partial charge >= 0.3 is 0 Å². The average Bonchev–Trinajstić information content (AvgIpc) is 3.38. The second-order valence-corrected chi connectivity index (χ2v) is 13.0. The molecule has 0 spiro atoms. The average molecular weight is 567 g/mol. The molecule has 0 radical (unpaired) electrons. The zero-order chi connectivity index (χ0) is 29.1. The third kappa shape index (κ3) is 9.97. The fourth-order valence-corrected chi connectivity index (χ4v) is 7.54. The van der Waals surface area contributed by atoms with Gasteiger partial charge in [-0.1, -0.05) is 32.6 Å². The van der Waals surface area contributed by atoms with Gasteiger partial charge in [0.1, 0.15) is 0 Å². The zero-order valence-corrected chi connectivity index (χ0v) is 25.2. The summed E-state index contributed by atoms with van der Waals surface area (Å²) >= 11 is 1.48. The molecule has 38 heavy (non-hydrogen) atoms. The van der Waals surface area contributed by atoms with Crippen LogP contribution < -0.4 is 0 Å². The lowest BCUT2D eigenvalue weighted by atomic mass is 9.89. The predicted molar refractivity (Wildman–Crippen MR) is 163 cm³/mol. The van der Waals surface area contributed by atoms with Crippen LogP contribution in [0.2, 0.25) is 0 Å². The van der Waals surface area contributed by atoms with Gasteiger partial charge < -0.3 is 0 Å². The number of allylic oxidation sites excluding steroid dienone is 3. The minimum absolute atomic E-state index is 0.172. The van der Waals surface area contributed by atoms with E-state index in [4.69, 9.17) is 0 Å². The number of alkyl halides is 4. The van der Waals surface area contributed by atoms with E-state index in [0.29, 0.717) is 17.0 Å². The molecule has 0 N–H and O–H groups in total. The van der Waals surface area contributed by atoms with E-state index in [2.05, 4.69) is 45.1 Å². The van der Waals surface area contributed by atoms with E-state index in [1.54, 1.807) is 0 Å². The summed E-state index contributed by atoms with van der Waals surface area (Å²) in [6.45, 7) is 21.7. The SMILES string of the molecule is C=C.C=C/C(=C/c1cc(-c2cc(C(C)(F)F)cc(C(C)(F)F)c2)cs1)CP(C)C1CCC(C=C)CC1.CC. The molecule has 1 aliphatic rings. The number of hydrogen-bond donors (Lipinski definition) is 0. The van der Waals surface area contributed by atoms with E-state index >= 15 is 0 Å². The van der Waals surface area contributed by atoms with Crippen LogP contribution in [0.1, 0.15) is 69.4 Å². The summed E-state index contributed by atoms with van der Waals surface area (Å²) < 4.78 is 56.0. The Balaban J connectivity index is 0.00000172. The molecule has 1 heterocycles. The van der Waals surface area contributed by atoms with Gasteiger partial charge in [0.15, 0.2) is 0 Å². The van der Waals surface area contributed by atoms with Crippen molar-refractivity contribution in [2.45, 2.75) is 70.9 Å². The number of halogens is 4. The molecule has 1 fully saturated rings. The Hall–Kier alpha value is -1.97. The third-order valence-electron chi connectivity index (χ3n) is 6.62. The molecule has 6 heteroatoms. The highest BCUT2D eigenvalue weighted by Crippen LogP contribution is 2.47. The van der Waals surface area contributed by atoms with Crippen LogP contribution in [0.3, 0.4) is 0 Å². The lowest BCUT2D eigenvalue weighted by Crippen LogP contribution is -2.17. The van der Waals surface area contributed by atoms with E-state index in [0.717, 1.165) is 42.2 Å². The Bertz CT molecular complexity index is 1020. The monoisotopic (exact) mass is 566 g/mol. The van der Waals surface area contributed by atoms with Crippen LogP contribution in [0.5, 0.6) is 0 Å². The molecule has 1 atom stereocenters. The van der Waals surface area contributed by atoms with Crippen LogP contribution >= 0.6 is 19.3 Å². The van der Waals surface area contributed by atoms with Gasteiger partial charge in [-0.15, -0.1) is 39.0 Å². The van der Waals surface area contributed by atoms with Crippen molar-refractivity contribution < 1.29 is 17.6 Å². The van der Waals surface area contributed by atoms with Crippen molar-refractivity contribution in [1.29, 1.82) is 0 Å². The Morgan fingerprint density at radius 2 is 1.45 bits per heavy atom. The van der Waals surface area contributed by atoms with E-state index in [1.165, 1.54) is 49.2 Å². The number of thiophene rings is 1. The van der Waals surface area contributed by atoms with Crippen molar-refractivity contribution in [2.24, 2.45) is 5.92 Å². The quantitative estimate of drug-likeness (QED) is 0.123. The van der Waals surface area contributed by atoms with Gasteiger partial charge in [-0.3, -0.25) is 0 Å². The Kier molecular flexibility index (Phi) is 14.0. The first-order chi connectivity index (χ1) is 17.9. The molecule has 1 saturated carbocycles. The maximum Gasteiger partial charge on any atom is 0.270 e. The van der Waals surface area contributed by atoms with Gasteiger partial charge in [0.25, 0.3) is 11.8 Å². The van der Waals surface area contributed by atoms with Crippen molar-refractivity contribution >= 4 is 25.3 Å². The molecule has 1 aromatic carbocycles.